The van der Waals surface area contributed by atoms with E-state index in [-0.39, 0.29) is 0 Å². The number of benzene rings is 1. The lowest BCUT2D eigenvalue weighted by Crippen LogP contribution is -2.11. The third-order valence-electron chi connectivity index (χ3n) is 2.28. The van der Waals surface area contributed by atoms with Crippen LogP contribution in [0.15, 0.2) is 30.3 Å². The molecular weight excluding hydrogens is 180 g/mol. The van der Waals surface area contributed by atoms with Gasteiger partial charge in [0.05, 0.1) is 0 Å². The third-order valence-corrected chi connectivity index (χ3v) is 3.57. The van der Waals surface area contributed by atoms with Gasteiger partial charge in [-0.15, -0.1) is 0 Å². The molecule has 1 nitrogen and oxygen atoms in total. The van der Waals surface area contributed by atoms with Crippen LogP contribution in [0.3, 0.4) is 0 Å². The van der Waals surface area contributed by atoms with E-state index in [1.165, 1.54) is 5.56 Å². The second kappa shape index (κ2) is 3.97. The molecule has 0 bridgehead atoms. The molecule has 0 N–H and O–H groups in total. The Morgan fingerprint density at radius 1 is 1.23 bits per heavy atom. The zero-order valence-electron chi connectivity index (χ0n) is 7.40. The molecule has 1 saturated heterocycles. The average molecular weight is 192 g/mol. The summed E-state index contributed by atoms with van der Waals surface area (Å²) in [5, 5.41) is 0.405. The highest BCUT2D eigenvalue weighted by atomic mass is 32.2. The Morgan fingerprint density at radius 3 is 2.69 bits per heavy atom. The molecule has 2 heteroatoms. The maximum atomic E-state index is 11.2. The first kappa shape index (κ1) is 8.82. The van der Waals surface area contributed by atoms with E-state index >= 15 is 0 Å². The second-order valence-corrected chi connectivity index (χ2v) is 4.57. The molecule has 0 unspecified atom stereocenters. The molecule has 0 spiro atoms. The molecule has 1 atom stereocenters. The summed E-state index contributed by atoms with van der Waals surface area (Å²) in [6, 6.07) is 10.3. The van der Waals surface area contributed by atoms with Crippen LogP contribution in [-0.4, -0.2) is 11.5 Å². The van der Waals surface area contributed by atoms with E-state index in [1.54, 1.807) is 0 Å². The molecule has 0 aromatic heterocycles. The van der Waals surface area contributed by atoms with Crippen LogP contribution < -0.4 is 0 Å². The first-order valence-corrected chi connectivity index (χ1v) is 5.59. The maximum absolute atomic E-state index is 11.2. The normalized spacial score (nSPS) is 23.1. The van der Waals surface area contributed by atoms with Crippen molar-refractivity contribution in [2.24, 2.45) is 0 Å². The van der Waals surface area contributed by atoms with Crippen molar-refractivity contribution in [1.29, 1.82) is 0 Å². The van der Waals surface area contributed by atoms with Gasteiger partial charge in [0.25, 0.3) is 0 Å². The Kier molecular flexibility index (Phi) is 2.69. The quantitative estimate of drug-likeness (QED) is 0.680. The van der Waals surface area contributed by atoms with Gasteiger partial charge in [0.15, 0.2) is 0 Å². The molecule has 1 aliphatic rings. The molecule has 1 aliphatic heterocycles. The van der Waals surface area contributed by atoms with Crippen molar-refractivity contribution in [3.63, 3.8) is 0 Å². The van der Waals surface area contributed by atoms with Crippen LogP contribution in [0.25, 0.3) is 0 Å². The lowest BCUT2D eigenvalue weighted by atomic mass is 10.1. The number of carbonyl (C=O) groups excluding carboxylic acids is 1. The summed E-state index contributed by atoms with van der Waals surface area (Å²) in [5.74, 6) is 1.39. The van der Waals surface area contributed by atoms with Crippen LogP contribution >= 0.6 is 11.8 Å². The van der Waals surface area contributed by atoms with E-state index in [0.717, 1.165) is 12.2 Å². The molecule has 1 aromatic carbocycles. The lowest BCUT2D eigenvalue weighted by molar-refractivity contribution is -0.118. The van der Waals surface area contributed by atoms with Gasteiger partial charge in [-0.1, -0.05) is 30.3 Å². The number of thioether (sulfide) groups is 1. The van der Waals surface area contributed by atoms with Gasteiger partial charge in [0.2, 0.25) is 0 Å². The van der Waals surface area contributed by atoms with Gasteiger partial charge in [0, 0.05) is 23.8 Å². The van der Waals surface area contributed by atoms with E-state index < -0.39 is 0 Å². The minimum atomic E-state index is 0.405. The molecule has 1 heterocycles. The van der Waals surface area contributed by atoms with Gasteiger partial charge in [-0.05, 0) is 5.56 Å². The fourth-order valence-electron chi connectivity index (χ4n) is 1.56. The maximum Gasteiger partial charge on any atom is 0.135 e. The van der Waals surface area contributed by atoms with E-state index in [4.69, 9.17) is 0 Å². The summed E-state index contributed by atoms with van der Waals surface area (Å²) in [6.45, 7) is 0. The summed E-state index contributed by atoms with van der Waals surface area (Å²) in [6.07, 6.45) is 1.47. The fraction of sp³-hybridized carbons (Fsp3) is 0.364. The van der Waals surface area contributed by atoms with Crippen molar-refractivity contribution in [3.8, 4) is 0 Å². The molecule has 68 valence electrons. The first-order valence-electron chi connectivity index (χ1n) is 4.54. The molecule has 2 rings (SSSR count). The minimum absolute atomic E-state index is 0.405. The van der Waals surface area contributed by atoms with E-state index in [1.807, 2.05) is 30.0 Å². The van der Waals surface area contributed by atoms with E-state index in [2.05, 4.69) is 12.1 Å². The summed E-state index contributed by atoms with van der Waals surface area (Å²) >= 11 is 1.90. The SMILES string of the molecule is O=C1CCS[C@H](c2ccccc2)C1. The van der Waals surface area contributed by atoms with Gasteiger partial charge in [-0.2, -0.15) is 11.8 Å². The molecule has 0 amide bonds. The first-order chi connectivity index (χ1) is 6.36. The van der Waals surface area contributed by atoms with Crippen molar-refractivity contribution >= 4 is 17.5 Å². The predicted molar refractivity (Wildman–Crippen MR) is 55.9 cm³/mol. The number of hydrogen-bond donors (Lipinski definition) is 0. The summed E-state index contributed by atoms with van der Waals surface area (Å²) in [7, 11) is 0. The van der Waals surface area contributed by atoms with Gasteiger partial charge < -0.3 is 0 Å². The number of rotatable bonds is 1. The summed E-state index contributed by atoms with van der Waals surface area (Å²) in [5.41, 5.74) is 1.29. The molecule has 1 fully saturated rings. The Hall–Kier alpha value is -0.760. The Balaban J connectivity index is 2.13. The third kappa shape index (κ3) is 2.13. The zero-order chi connectivity index (χ0) is 9.10. The second-order valence-electron chi connectivity index (χ2n) is 3.26. The van der Waals surface area contributed by atoms with Crippen molar-refractivity contribution in [1.82, 2.24) is 0 Å². The van der Waals surface area contributed by atoms with Crippen LogP contribution in [0, 0.1) is 0 Å². The summed E-state index contributed by atoms with van der Waals surface area (Å²) < 4.78 is 0. The molecule has 0 saturated carbocycles. The van der Waals surface area contributed by atoms with Crippen molar-refractivity contribution in [2.75, 3.05) is 5.75 Å². The van der Waals surface area contributed by atoms with Crippen LogP contribution in [0.5, 0.6) is 0 Å². The highest BCUT2D eigenvalue weighted by Crippen LogP contribution is 2.36. The fourth-order valence-corrected chi connectivity index (χ4v) is 2.85. The van der Waals surface area contributed by atoms with Gasteiger partial charge in [-0.25, -0.2) is 0 Å². The predicted octanol–water partition coefficient (Wildman–Crippen LogP) is 2.82. The minimum Gasteiger partial charge on any atom is -0.300 e. The Morgan fingerprint density at radius 2 is 2.00 bits per heavy atom. The van der Waals surface area contributed by atoms with Crippen LogP contribution in [0.1, 0.15) is 23.7 Å². The molecule has 13 heavy (non-hydrogen) atoms. The molecular formula is C11H12OS. The van der Waals surface area contributed by atoms with E-state index in [9.17, 15) is 4.79 Å². The Labute approximate surface area is 82.5 Å². The van der Waals surface area contributed by atoms with Crippen LogP contribution in [-0.2, 0) is 4.79 Å². The van der Waals surface area contributed by atoms with Gasteiger partial charge in [-0.3, -0.25) is 4.79 Å². The van der Waals surface area contributed by atoms with Crippen LogP contribution in [0.2, 0.25) is 0 Å². The molecule has 1 aromatic rings. The van der Waals surface area contributed by atoms with Gasteiger partial charge in [0.1, 0.15) is 5.78 Å². The van der Waals surface area contributed by atoms with Crippen molar-refractivity contribution in [3.05, 3.63) is 35.9 Å². The smallest absolute Gasteiger partial charge is 0.135 e. The largest absolute Gasteiger partial charge is 0.300 e. The standard InChI is InChI=1S/C11H12OS/c12-10-6-7-13-11(8-10)9-4-2-1-3-5-9/h1-5,11H,6-8H2/t11-/m0/s1. The van der Waals surface area contributed by atoms with Crippen molar-refractivity contribution < 1.29 is 4.79 Å². The highest BCUT2D eigenvalue weighted by molar-refractivity contribution is 7.99. The van der Waals surface area contributed by atoms with E-state index in [0.29, 0.717) is 17.5 Å². The molecule has 0 aliphatic carbocycles. The molecule has 0 radical (unpaired) electrons. The summed E-state index contributed by atoms with van der Waals surface area (Å²) in [4.78, 5) is 11.2. The monoisotopic (exact) mass is 192 g/mol. The lowest BCUT2D eigenvalue weighted by Gasteiger charge is -2.20. The number of Topliss-reactive ketones (excluding diaryl/α,β-unsaturated/α-hetero) is 1. The number of hydrogen-bond acceptors (Lipinski definition) is 2. The highest BCUT2D eigenvalue weighted by Gasteiger charge is 2.20. The number of carbonyl (C=O) groups is 1. The average Bonchev–Trinajstić information content (AvgIpc) is 2.19. The zero-order valence-corrected chi connectivity index (χ0v) is 8.22. The van der Waals surface area contributed by atoms with Crippen LogP contribution in [0.4, 0.5) is 0 Å². The van der Waals surface area contributed by atoms with Crippen molar-refractivity contribution in [2.45, 2.75) is 18.1 Å². The Bertz CT molecular complexity index is 294. The topological polar surface area (TPSA) is 17.1 Å². The number of ketones is 1. The van der Waals surface area contributed by atoms with Gasteiger partial charge >= 0.3 is 0 Å².